The fourth-order valence-corrected chi connectivity index (χ4v) is 3.73. The van der Waals surface area contributed by atoms with Crippen LogP contribution in [0.5, 0.6) is 0 Å². The van der Waals surface area contributed by atoms with Crippen molar-refractivity contribution in [2.75, 3.05) is 0 Å². The molecule has 2 fully saturated rings. The maximum atomic E-state index is 12.5. The van der Waals surface area contributed by atoms with E-state index in [1.54, 1.807) is 6.08 Å². The summed E-state index contributed by atoms with van der Waals surface area (Å²) in [5.41, 5.74) is 0.788. The van der Waals surface area contributed by atoms with E-state index in [-0.39, 0.29) is 11.7 Å². The van der Waals surface area contributed by atoms with Crippen molar-refractivity contribution in [2.45, 2.75) is 44.7 Å². The summed E-state index contributed by atoms with van der Waals surface area (Å²) in [5.74, 6) is 0.876. The van der Waals surface area contributed by atoms with Gasteiger partial charge in [-0.2, -0.15) is 13.2 Å². The zero-order valence-corrected chi connectivity index (χ0v) is 12.3. The van der Waals surface area contributed by atoms with Crippen molar-refractivity contribution in [1.29, 1.82) is 0 Å². The third kappa shape index (κ3) is 3.11. The van der Waals surface area contributed by atoms with Gasteiger partial charge in [0.1, 0.15) is 0 Å². The number of ketones is 1. The van der Waals surface area contributed by atoms with Crippen LogP contribution in [-0.4, -0.2) is 5.78 Å². The molecule has 1 nitrogen and oxygen atoms in total. The zero-order chi connectivity index (χ0) is 15.7. The summed E-state index contributed by atoms with van der Waals surface area (Å²) in [6, 6.07) is 5.01. The monoisotopic (exact) mass is 308 g/mol. The van der Waals surface area contributed by atoms with Crippen LogP contribution in [0.2, 0.25) is 0 Å². The molecule has 2 aliphatic rings. The molecule has 1 aromatic rings. The van der Waals surface area contributed by atoms with Gasteiger partial charge in [0.25, 0.3) is 0 Å². The second-order valence-corrected chi connectivity index (χ2v) is 6.34. The van der Waals surface area contributed by atoms with E-state index in [1.807, 2.05) is 0 Å². The van der Waals surface area contributed by atoms with Gasteiger partial charge in [0.2, 0.25) is 0 Å². The number of rotatable bonds is 2. The molecule has 0 bridgehead atoms. The lowest BCUT2D eigenvalue weighted by molar-refractivity contribution is -0.137. The highest BCUT2D eigenvalue weighted by atomic mass is 19.4. The van der Waals surface area contributed by atoms with E-state index in [9.17, 15) is 18.0 Å². The molecule has 0 heterocycles. The third-order valence-electron chi connectivity index (χ3n) is 4.93. The van der Waals surface area contributed by atoms with E-state index in [0.29, 0.717) is 11.5 Å². The Kier molecular flexibility index (Phi) is 4.11. The summed E-state index contributed by atoms with van der Waals surface area (Å²) in [4.78, 5) is 12.5. The van der Waals surface area contributed by atoms with Crippen LogP contribution in [0.4, 0.5) is 13.2 Å². The highest BCUT2D eigenvalue weighted by molar-refractivity contribution is 6.03. The lowest BCUT2D eigenvalue weighted by Crippen LogP contribution is -2.16. The van der Waals surface area contributed by atoms with Crippen molar-refractivity contribution in [1.82, 2.24) is 0 Å². The van der Waals surface area contributed by atoms with E-state index in [2.05, 4.69) is 0 Å². The second-order valence-electron chi connectivity index (χ2n) is 6.34. The van der Waals surface area contributed by atoms with Crippen molar-refractivity contribution in [3.8, 4) is 0 Å². The van der Waals surface area contributed by atoms with E-state index in [0.717, 1.165) is 43.4 Å². The number of allylic oxidation sites excluding steroid dienone is 1. The Balaban J connectivity index is 1.74. The van der Waals surface area contributed by atoms with Crippen molar-refractivity contribution in [3.63, 3.8) is 0 Å². The smallest absolute Gasteiger partial charge is 0.294 e. The van der Waals surface area contributed by atoms with Gasteiger partial charge in [-0.25, -0.2) is 0 Å². The van der Waals surface area contributed by atoms with Gasteiger partial charge < -0.3 is 0 Å². The summed E-state index contributed by atoms with van der Waals surface area (Å²) < 4.78 is 37.6. The Bertz CT molecular complexity index is 577. The molecular weight excluding hydrogens is 289 g/mol. The third-order valence-corrected chi connectivity index (χ3v) is 4.93. The van der Waals surface area contributed by atoms with Crippen LogP contribution in [0.1, 0.15) is 49.7 Å². The number of carbonyl (C=O) groups excluding carboxylic acids is 1. The predicted molar refractivity (Wildman–Crippen MR) is 79.1 cm³/mol. The Morgan fingerprint density at radius 3 is 2.23 bits per heavy atom. The normalized spacial score (nSPS) is 25.3. The molecule has 118 valence electrons. The lowest BCUT2D eigenvalue weighted by Gasteiger charge is -2.15. The summed E-state index contributed by atoms with van der Waals surface area (Å²) in [7, 11) is 0. The highest BCUT2D eigenvalue weighted by Crippen LogP contribution is 2.41. The highest BCUT2D eigenvalue weighted by Gasteiger charge is 2.36. The van der Waals surface area contributed by atoms with Crippen LogP contribution in [-0.2, 0) is 11.0 Å². The Labute approximate surface area is 128 Å². The minimum absolute atomic E-state index is 0.142. The molecule has 1 aromatic carbocycles. The first kappa shape index (κ1) is 15.3. The van der Waals surface area contributed by atoms with Gasteiger partial charge in [-0.3, -0.25) is 4.79 Å². The average Bonchev–Trinajstić information content (AvgIpc) is 3.09. The van der Waals surface area contributed by atoms with Gasteiger partial charge >= 0.3 is 6.18 Å². The Morgan fingerprint density at radius 1 is 1.00 bits per heavy atom. The maximum Gasteiger partial charge on any atom is 0.416 e. The van der Waals surface area contributed by atoms with Gasteiger partial charge in [-0.15, -0.1) is 0 Å². The first-order valence-corrected chi connectivity index (χ1v) is 7.87. The van der Waals surface area contributed by atoms with Gasteiger partial charge in [0, 0.05) is 5.92 Å². The summed E-state index contributed by atoms with van der Waals surface area (Å²) in [5, 5.41) is 0. The molecule has 2 aliphatic carbocycles. The predicted octanol–water partition coefficient (Wildman–Crippen LogP) is 5.26. The molecule has 0 spiro atoms. The fourth-order valence-electron chi connectivity index (χ4n) is 3.73. The molecule has 0 aromatic heterocycles. The first-order valence-electron chi connectivity index (χ1n) is 7.87. The minimum Gasteiger partial charge on any atom is -0.294 e. The van der Waals surface area contributed by atoms with Crippen molar-refractivity contribution in [3.05, 3.63) is 41.0 Å². The van der Waals surface area contributed by atoms with Gasteiger partial charge in [0.05, 0.1) is 5.56 Å². The van der Waals surface area contributed by atoms with Gasteiger partial charge in [-0.05, 0) is 60.9 Å². The largest absolute Gasteiger partial charge is 0.416 e. The van der Waals surface area contributed by atoms with Crippen LogP contribution in [0, 0.1) is 11.8 Å². The topological polar surface area (TPSA) is 17.1 Å². The van der Waals surface area contributed by atoms with E-state index >= 15 is 0 Å². The van der Waals surface area contributed by atoms with Crippen LogP contribution >= 0.6 is 0 Å². The molecule has 4 heteroatoms. The van der Waals surface area contributed by atoms with Gasteiger partial charge in [0.15, 0.2) is 5.78 Å². The molecule has 0 amide bonds. The number of hydrogen-bond donors (Lipinski definition) is 0. The lowest BCUT2D eigenvalue weighted by atomic mass is 9.88. The first-order chi connectivity index (χ1) is 10.4. The van der Waals surface area contributed by atoms with Gasteiger partial charge in [-0.1, -0.05) is 25.0 Å². The summed E-state index contributed by atoms with van der Waals surface area (Å²) in [6.45, 7) is 0. The molecule has 3 rings (SSSR count). The number of alkyl halides is 3. The Hall–Kier alpha value is -1.58. The van der Waals surface area contributed by atoms with E-state index in [1.165, 1.54) is 25.0 Å². The standard InChI is InChI=1S/C18H19F3O/c19-18(20,21)15-8-5-12(6-9-15)11-14-7-10-16(17(14)22)13-3-1-2-4-13/h5-6,8-9,11,13,16H,1-4,7,10H2/b14-11+/t16-/m1/s1. The maximum absolute atomic E-state index is 12.5. The Morgan fingerprint density at radius 2 is 1.64 bits per heavy atom. The van der Waals surface area contributed by atoms with E-state index < -0.39 is 11.7 Å². The van der Waals surface area contributed by atoms with E-state index in [4.69, 9.17) is 0 Å². The molecule has 0 aliphatic heterocycles. The van der Waals surface area contributed by atoms with Crippen molar-refractivity contribution >= 4 is 11.9 Å². The van der Waals surface area contributed by atoms with Crippen LogP contribution in [0.25, 0.3) is 6.08 Å². The van der Waals surface area contributed by atoms with Crippen LogP contribution in [0.3, 0.4) is 0 Å². The molecule has 0 saturated heterocycles. The average molecular weight is 308 g/mol. The van der Waals surface area contributed by atoms with Crippen molar-refractivity contribution < 1.29 is 18.0 Å². The number of hydrogen-bond acceptors (Lipinski definition) is 1. The number of carbonyl (C=O) groups is 1. The number of Topliss-reactive ketones (excluding diaryl/α,β-unsaturated/α-hetero) is 1. The zero-order valence-electron chi connectivity index (χ0n) is 12.3. The molecule has 0 N–H and O–H groups in total. The minimum atomic E-state index is -4.32. The SMILES string of the molecule is O=C1/C(=C/c2ccc(C(F)(F)F)cc2)CC[C@@H]1C1CCCC1. The fraction of sp³-hybridized carbons (Fsp3) is 0.500. The molecular formula is C18H19F3O. The van der Waals surface area contributed by atoms with Crippen LogP contribution in [0.15, 0.2) is 29.8 Å². The quantitative estimate of drug-likeness (QED) is 0.681. The summed E-state index contributed by atoms with van der Waals surface area (Å²) >= 11 is 0. The molecule has 22 heavy (non-hydrogen) atoms. The molecule has 1 atom stereocenters. The number of benzene rings is 1. The molecule has 0 radical (unpaired) electrons. The number of halogens is 3. The summed E-state index contributed by atoms with van der Waals surface area (Å²) in [6.07, 6.45) is 3.81. The second kappa shape index (κ2) is 5.90. The van der Waals surface area contributed by atoms with Crippen molar-refractivity contribution in [2.24, 2.45) is 11.8 Å². The molecule has 2 saturated carbocycles. The molecule has 0 unspecified atom stereocenters. The van der Waals surface area contributed by atoms with Crippen LogP contribution < -0.4 is 0 Å².